The monoisotopic (exact) mass is 862 g/mol. The first-order valence-electron chi connectivity index (χ1n) is 20.3. The highest BCUT2D eigenvalue weighted by Gasteiger charge is 2.30. The van der Waals surface area contributed by atoms with Gasteiger partial charge in [-0.15, -0.1) is 0 Å². The second-order valence-electron chi connectivity index (χ2n) is 13.7. The lowest BCUT2D eigenvalue weighted by Crippen LogP contribution is -2.06. The van der Waals surface area contributed by atoms with Crippen LogP contribution in [0.25, 0.3) is 0 Å². The summed E-state index contributed by atoms with van der Waals surface area (Å²) >= 11 is 0. The van der Waals surface area contributed by atoms with Crippen LogP contribution in [0.3, 0.4) is 0 Å². The molecule has 0 bridgehead atoms. The Morgan fingerprint density at radius 1 is 0.188 bits per heavy atom. The Bertz CT molecular complexity index is 2540. The summed E-state index contributed by atoms with van der Waals surface area (Å²) in [5.41, 5.74) is 0. The van der Waals surface area contributed by atoms with Crippen molar-refractivity contribution >= 4 is 8.60 Å². The van der Waals surface area contributed by atoms with E-state index >= 15 is 0 Å². The number of ether oxygens (including phenoxy) is 6. The maximum Gasteiger partial charge on any atom is 0.530 e. The summed E-state index contributed by atoms with van der Waals surface area (Å²) in [6, 6.07) is 72.4. The summed E-state index contributed by atoms with van der Waals surface area (Å²) < 4.78 is 59.4. The SMILES string of the molecule is c1ccc(Oc2cccc(OP(Oc3cccc(Oc4ccccc4)c3Oc3ccccc3)Oc3cccc(Oc4ccccc4)c3Oc3ccccc3)c2Oc2ccccc2)cc1. The van der Waals surface area contributed by atoms with Crippen molar-refractivity contribution in [3.63, 3.8) is 0 Å². The molecule has 0 aliphatic rings. The fourth-order valence-corrected chi connectivity index (χ4v) is 7.23. The second-order valence-corrected chi connectivity index (χ2v) is 14.7. The van der Waals surface area contributed by atoms with Gasteiger partial charge in [-0.25, -0.2) is 0 Å². The average Bonchev–Trinajstić information content (AvgIpc) is 3.34. The molecule has 9 nitrogen and oxygen atoms in total. The third kappa shape index (κ3) is 10.7. The zero-order valence-corrected chi connectivity index (χ0v) is 35.0. The number of para-hydroxylation sites is 9. The van der Waals surface area contributed by atoms with E-state index in [-0.39, 0.29) is 34.5 Å². The summed E-state index contributed by atoms with van der Waals surface area (Å²) in [6.07, 6.45) is 0. The summed E-state index contributed by atoms with van der Waals surface area (Å²) in [7, 11) is -2.48. The van der Waals surface area contributed by atoms with E-state index in [0.717, 1.165) is 0 Å². The lowest BCUT2D eigenvalue weighted by Gasteiger charge is -2.23. The van der Waals surface area contributed by atoms with Crippen LogP contribution in [-0.4, -0.2) is 0 Å². The van der Waals surface area contributed by atoms with Gasteiger partial charge in [0.15, 0.2) is 34.5 Å². The standard InChI is InChI=1S/C54H39O9P/c1-7-22-40(23-8-1)55-46-34-19-37-49(52(46)58-43-28-13-4-14-29-43)61-64(62-50-38-20-35-47(56-41-24-9-2-10-25-41)53(50)59-44-30-15-5-16-31-44)63-51-39-21-36-48(57-42-26-11-3-12-27-42)54(51)60-45-32-17-6-18-33-45/h1-39H. The number of hydrogen-bond acceptors (Lipinski definition) is 9. The lowest BCUT2D eigenvalue weighted by molar-refractivity contribution is 0.343. The molecular weight excluding hydrogens is 824 g/mol. The molecule has 314 valence electrons. The first kappa shape index (κ1) is 41.0. The van der Waals surface area contributed by atoms with Gasteiger partial charge in [0, 0.05) is 0 Å². The van der Waals surface area contributed by atoms with Gasteiger partial charge in [0.2, 0.25) is 17.2 Å². The minimum absolute atomic E-state index is 0.257. The fourth-order valence-electron chi connectivity index (χ4n) is 6.21. The van der Waals surface area contributed by atoms with Crippen LogP contribution in [0.4, 0.5) is 0 Å². The third-order valence-corrected chi connectivity index (χ3v) is 10.2. The van der Waals surface area contributed by atoms with Gasteiger partial charge in [0.1, 0.15) is 34.5 Å². The minimum atomic E-state index is -2.48. The van der Waals surface area contributed by atoms with E-state index in [1.54, 1.807) is 54.6 Å². The quantitative estimate of drug-likeness (QED) is 0.0783. The molecular formula is C54H39O9P. The molecule has 0 aliphatic carbocycles. The highest BCUT2D eigenvalue weighted by Crippen LogP contribution is 2.55. The zero-order valence-electron chi connectivity index (χ0n) is 34.1. The zero-order chi connectivity index (χ0) is 43.2. The Labute approximate surface area is 372 Å². The van der Waals surface area contributed by atoms with Crippen molar-refractivity contribution in [1.82, 2.24) is 0 Å². The molecule has 0 atom stereocenters. The Kier molecular flexibility index (Phi) is 13.1. The molecule has 0 aliphatic heterocycles. The van der Waals surface area contributed by atoms with Crippen molar-refractivity contribution in [3.8, 4) is 86.2 Å². The Balaban J connectivity index is 1.16. The van der Waals surface area contributed by atoms with Gasteiger partial charge >= 0.3 is 8.60 Å². The van der Waals surface area contributed by atoms with Crippen LogP contribution in [0.1, 0.15) is 0 Å². The molecule has 0 saturated heterocycles. The topological polar surface area (TPSA) is 83.1 Å². The van der Waals surface area contributed by atoms with Crippen LogP contribution < -0.4 is 42.0 Å². The van der Waals surface area contributed by atoms with Crippen LogP contribution in [-0.2, 0) is 0 Å². The van der Waals surface area contributed by atoms with Crippen LogP contribution >= 0.6 is 8.60 Å². The predicted molar refractivity (Wildman–Crippen MR) is 247 cm³/mol. The van der Waals surface area contributed by atoms with Gasteiger partial charge in [-0.1, -0.05) is 127 Å². The van der Waals surface area contributed by atoms with Crippen LogP contribution in [0, 0.1) is 0 Å². The van der Waals surface area contributed by atoms with Crippen LogP contribution in [0.5, 0.6) is 86.2 Å². The summed E-state index contributed by atoms with van der Waals surface area (Å²) in [5.74, 6) is 6.23. The maximum absolute atomic E-state index is 6.85. The highest BCUT2D eigenvalue weighted by molar-refractivity contribution is 7.43. The largest absolute Gasteiger partial charge is 0.530 e. The van der Waals surface area contributed by atoms with E-state index in [1.807, 2.05) is 182 Å². The van der Waals surface area contributed by atoms with E-state index in [9.17, 15) is 0 Å². The van der Waals surface area contributed by atoms with E-state index < -0.39 is 8.60 Å². The Hall–Kier alpha value is -8.39. The van der Waals surface area contributed by atoms with Gasteiger partial charge in [-0.3, -0.25) is 0 Å². The maximum atomic E-state index is 6.85. The Morgan fingerprint density at radius 2 is 0.391 bits per heavy atom. The van der Waals surface area contributed by atoms with Gasteiger partial charge in [0.05, 0.1) is 0 Å². The summed E-state index contributed by atoms with van der Waals surface area (Å²) in [5, 5.41) is 0. The Morgan fingerprint density at radius 3 is 0.625 bits per heavy atom. The van der Waals surface area contributed by atoms with Gasteiger partial charge < -0.3 is 42.0 Å². The van der Waals surface area contributed by atoms with Crippen molar-refractivity contribution in [2.24, 2.45) is 0 Å². The summed E-state index contributed by atoms with van der Waals surface area (Å²) in [6.45, 7) is 0. The molecule has 0 amide bonds. The number of hydrogen-bond donors (Lipinski definition) is 0. The molecule has 9 rings (SSSR count). The van der Waals surface area contributed by atoms with E-state index in [1.165, 1.54) is 0 Å². The number of rotatable bonds is 18. The molecule has 0 spiro atoms. The second kappa shape index (κ2) is 20.4. The molecule has 0 saturated carbocycles. The van der Waals surface area contributed by atoms with Crippen molar-refractivity contribution in [3.05, 3.63) is 237 Å². The molecule has 64 heavy (non-hydrogen) atoms. The molecule has 0 radical (unpaired) electrons. The molecule has 0 N–H and O–H groups in total. The molecule has 9 aromatic rings. The third-order valence-electron chi connectivity index (χ3n) is 9.15. The fraction of sp³-hybridized carbons (Fsp3) is 0. The minimum Gasteiger partial charge on any atom is -0.453 e. The van der Waals surface area contributed by atoms with E-state index in [0.29, 0.717) is 51.7 Å². The lowest BCUT2D eigenvalue weighted by atomic mass is 10.2. The van der Waals surface area contributed by atoms with Crippen LogP contribution in [0.15, 0.2) is 237 Å². The normalized spacial score (nSPS) is 10.6. The molecule has 0 aromatic heterocycles. The van der Waals surface area contributed by atoms with E-state index in [4.69, 9.17) is 42.0 Å². The highest BCUT2D eigenvalue weighted by atomic mass is 31.2. The average molecular weight is 863 g/mol. The van der Waals surface area contributed by atoms with Crippen molar-refractivity contribution in [1.29, 1.82) is 0 Å². The first-order valence-corrected chi connectivity index (χ1v) is 21.4. The first-order chi connectivity index (χ1) is 31.7. The van der Waals surface area contributed by atoms with Gasteiger partial charge in [0.25, 0.3) is 0 Å². The van der Waals surface area contributed by atoms with E-state index in [2.05, 4.69) is 0 Å². The van der Waals surface area contributed by atoms with Gasteiger partial charge in [-0.05, 0) is 109 Å². The van der Waals surface area contributed by atoms with Gasteiger partial charge in [-0.2, -0.15) is 0 Å². The molecule has 0 heterocycles. The molecule has 9 aromatic carbocycles. The number of benzene rings is 9. The summed E-state index contributed by atoms with van der Waals surface area (Å²) in [4.78, 5) is 0. The smallest absolute Gasteiger partial charge is 0.453 e. The van der Waals surface area contributed by atoms with Crippen molar-refractivity contribution < 1.29 is 42.0 Å². The van der Waals surface area contributed by atoms with Crippen LogP contribution in [0.2, 0.25) is 0 Å². The van der Waals surface area contributed by atoms with Crippen molar-refractivity contribution in [2.75, 3.05) is 0 Å². The van der Waals surface area contributed by atoms with Crippen molar-refractivity contribution in [2.45, 2.75) is 0 Å². The predicted octanol–water partition coefficient (Wildman–Crippen LogP) is 16.2. The molecule has 10 heteroatoms. The molecule has 0 fully saturated rings. The molecule has 0 unspecified atom stereocenters.